The van der Waals surface area contributed by atoms with Crippen LogP contribution in [0.1, 0.15) is 102 Å². The van der Waals surface area contributed by atoms with Gasteiger partial charge in [-0.2, -0.15) is 0 Å². The number of aliphatic hydroxyl groups excluding tert-OH is 1. The number of likely N-dealkylation sites (N-methyl/N-ethyl adjacent to an activating group) is 1. The number of aromatic nitrogens is 2. The molecule has 70 heavy (non-hydrogen) atoms. The summed E-state index contributed by atoms with van der Waals surface area (Å²) in [6, 6.07) is 17.0. The Morgan fingerprint density at radius 1 is 0.986 bits per heavy atom. The molecule has 380 valence electrons. The largest absolute Gasteiger partial charge is 0.468 e. The minimum absolute atomic E-state index is 0.00832. The number of rotatable bonds is 17. The fourth-order valence-corrected chi connectivity index (χ4v) is 9.77. The molecule has 4 aromatic rings. The first-order valence-corrected chi connectivity index (χ1v) is 24.7. The number of anilines is 1. The first-order valence-electron chi connectivity index (χ1n) is 24.7. The Balaban J connectivity index is 1.17. The van der Waals surface area contributed by atoms with E-state index in [9.17, 15) is 24.3 Å². The van der Waals surface area contributed by atoms with Gasteiger partial charge in [0.2, 0.25) is 0 Å². The minimum Gasteiger partial charge on any atom is -0.468 e. The molecule has 0 spiro atoms. The van der Waals surface area contributed by atoms with Crippen molar-refractivity contribution in [3.63, 3.8) is 0 Å². The molecule has 2 aliphatic heterocycles. The molecule has 3 N–H and O–H groups in total. The quantitative estimate of drug-likeness (QED) is 0.0744. The number of hydrogen-bond donors (Lipinski definition) is 3. The van der Waals surface area contributed by atoms with Crippen LogP contribution >= 0.6 is 0 Å². The number of carbonyl (C=O) groups is 4. The van der Waals surface area contributed by atoms with Gasteiger partial charge in [-0.1, -0.05) is 50.2 Å². The highest BCUT2D eigenvalue weighted by Gasteiger charge is 2.44. The highest BCUT2D eigenvalue weighted by atomic mass is 16.6. The molecule has 2 aromatic carbocycles. The monoisotopic (exact) mass is 967 g/mol. The van der Waals surface area contributed by atoms with Gasteiger partial charge in [0.15, 0.2) is 0 Å². The van der Waals surface area contributed by atoms with E-state index in [-0.39, 0.29) is 49.8 Å². The number of carbonyl (C=O) groups excluding carboxylic acids is 4. The van der Waals surface area contributed by atoms with Crippen LogP contribution in [0.25, 0.3) is 22.2 Å². The number of methoxy groups -OCH3 is 2. The third kappa shape index (κ3) is 12.2. The van der Waals surface area contributed by atoms with Crippen molar-refractivity contribution in [3.8, 4) is 11.3 Å². The smallest absolute Gasteiger partial charge is 0.410 e. The number of esters is 1. The van der Waals surface area contributed by atoms with Crippen LogP contribution in [-0.4, -0.2) is 144 Å². The van der Waals surface area contributed by atoms with E-state index >= 15 is 0 Å². The van der Waals surface area contributed by atoms with Crippen LogP contribution in [0.2, 0.25) is 0 Å². The molecule has 3 aliphatic rings. The number of hydrogen-bond acceptors (Lipinski definition) is 13. The molecule has 17 heteroatoms. The number of pyridine rings is 1. The van der Waals surface area contributed by atoms with Crippen molar-refractivity contribution >= 4 is 40.7 Å². The van der Waals surface area contributed by atoms with Crippen LogP contribution in [0.15, 0.2) is 60.8 Å². The molecular formula is C53H74N8O9. The summed E-state index contributed by atoms with van der Waals surface area (Å²) in [5.41, 5.74) is 9.84. The predicted molar refractivity (Wildman–Crippen MR) is 268 cm³/mol. The number of nitrogens with zero attached hydrogens (tertiary/aromatic N) is 6. The number of nitrogens with one attached hydrogen (secondary N) is 2. The Morgan fingerprint density at radius 3 is 2.37 bits per heavy atom. The number of hydrazine groups is 1. The molecule has 3 amide bonds. The van der Waals surface area contributed by atoms with Gasteiger partial charge in [-0.15, -0.1) is 0 Å². The van der Waals surface area contributed by atoms with Gasteiger partial charge < -0.3 is 48.6 Å². The van der Waals surface area contributed by atoms with Crippen LogP contribution in [0, 0.1) is 5.41 Å². The van der Waals surface area contributed by atoms with E-state index in [0.717, 1.165) is 56.7 Å². The molecule has 0 bridgehead atoms. The standard InChI is InChI=1S/C53H74N8O9/c1-11-60-44-20-19-36(38-28-45(38)57(8)31-43(55-50(65)70-52(3,4)5)48(63)61-21-15-18-42(56-61)49(64)68-10)26-39(44)41(29-53(6,7)33-62)47(60)40-27-37(30-54-46(40)34(2)67-9)58-22-24-59(25-23-58)51(66)69-32-35-16-13-12-14-17-35/h12-14,16-17,19-20,26-27,30,34,38,42-43,45,56,62H,11,15,18,21-25,28-29,31-33H2,1-10H3,(H,55,65)/t34?,38?,42-,43?,45?/m0/s1. The predicted octanol–water partition coefficient (Wildman–Crippen LogP) is 6.80. The number of ether oxygens (including phenoxy) is 4. The van der Waals surface area contributed by atoms with Gasteiger partial charge in [0, 0.05) is 88.0 Å². The van der Waals surface area contributed by atoms with E-state index in [0.29, 0.717) is 58.5 Å². The lowest BCUT2D eigenvalue weighted by Crippen LogP contribution is -2.62. The average molecular weight is 967 g/mol. The number of benzene rings is 2. The zero-order valence-electron chi connectivity index (χ0n) is 42.7. The summed E-state index contributed by atoms with van der Waals surface area (Å²) in [6.45, 7) is 17.4. The number of fused-ring (bicyclic) bond motifs is 1. The average Bonchev–Trinajstić information content (AvgIpc) is 4.11. The first-order chi connectivity index (χ1) is 33.3. The van der Waals surface area contributed by atoms with E-state index in [1.165, 1.54) is 12.1 Å². The highest BCUT2D eigenvalue weighted by Crippen LogP contribution is 2.47. The molecule has 2 aromatic heterocycles. The minimum atomic E-state index is -0.959. The molecule has 3 fully saturated rings. The molecule has 7 rings (SSSR count). The zero-order chi connectivity index (χ0) is 50.5. The van der Waals surface area contributed by atoms with Crippen molar-refractivity contribution in [1.29, 1.82) is 0 Å². The third-order valence-electron chi connectivity index (χ3n) is 13.7. The topological polar surface area (TPSA) is 180 Å². The van der Waals surface area contributed by atoms with Crippen molar-refractivity contribution in [3.05, 3.63) is 83.2 Å². The van der Waals surface area contributed by atoms with Crippen molar-refractivity contribution in [2.75, 3.05) is 72.0 Å². The van der Waals surface area contributed by atoms with E-state index in [1.54, 1.807) is 32.8 Å². The van der Waals surface area contributed by atoms with E-state index < -0.39 is 35.2 Å². The summed E-state index contributed by atoms with van der Waals surface area (Å²) in [4.78, 5) is 64.1. The van der Waals surface area contributed by atoms with Crippen LogP contribution in [0.3, 0.4) is 0 Å². The normalized spacial score (nSPS) is 19.5. The van der Waals surface area contributed by atoms with Crippen LogP contribution < -0.4 is 15.6 Å². The van der Waals surface area contributed by atoms with Gasteiger partial charge in [-0.3, -0.25) is 19.6 Å². The molecule has 17 nitrogen and oxygen atoms in total. The second-order valence-electron chi connectivity index (χ2n) is 20.8. The summed E-state index contributed by atoms with van der Waals surface area (Å²) in [5.74, 6) is -0.662. The number of piperazine rings is 1. The fourth-order valence-electron chi connectivity index (χ4n) is 9.77. The Morgan fingerprint density at radius 2 is 1.71 bits per heavy atom. The van der Waals surface area contributed by atoms with Gasteiger partial charge in [0.05, 0.1) is 36.5 Å². The first kappa shape index (κ1) is 52.1. The Kier molecular flexibility index (Phi) is 16.5. The molecule has 2 saturated heterocycles. The number of aryl methyl sites for hydroxylation is 1. The summed E-state index contributed by atoms with van der Waals surface area (Å²) in [5, 5.41) is 16.1. The van der Waals surface area contributed by atoms with Crippen molar-refractivity contribution in [2.45, 2.75) is 123 Å². The Hall–Kier alpha value is -5.75. The third-order valence-corrected chi connectivity index (χ3v) is 13.7. The van der Waals surface area contributed by atoms with Gasteiger partial charge in [-0.25, -0.2) is 15.0 Å². The number of amides is 3. The molecule has 5 atom stereocenters. The zero-order valence-corrected chi connectivity index (χ0v) is 42.7. The van der Waals surface area contributed by atoms with Gasteiger partial charge in [0.1, 0.15) is 24.3 Å². The van der Waals surface area contributed by atoms with E-state index in [1.807, 2.05) is 50.5 Å². The molecule has 1 saturated carbocycles. The van der Waals surface area contributed by atoms with Crippen molar-refractivity contribution < 1.29 is 43.2 Å². The lowest BCUT2D eigenvalue weighted by atomic mass is 9.84. The summed E-state index contributed by atoms with van der Waals surface area (Å²) < 4.78 is 24.5. The number of aliphatic hydroxyl groups is 1. The van der Waals surface area contributed by atoms with Gasteiger partial charge >= 0.3 is 18.2 Å². The summed E-state index contributed by atoms with van der Waals surface area (Å²) >= 11 is 0. The lowest BCUT2D eigenvalue weighted by molar-refractivity contribution is -0.150. The molecule has 4 heterocycles. The van der Waals surface area contributed by atoms with Crippen LogP contribution in [0.5, 0.6) is 0 Å². The van der Waals surface area contributed by atoms with Gasteiger partial charge in [-0.05, 0) is 108 Å². The van der Waals surface area contributed by atoms with Crippen molar-refractivity contribution in [2.24, 2.45) is 5.41 Å². The maximum absolute atomic E-state index is 14.1. The Bertz CT molecular complexity index is 2480. The van der Waals surface area contributed by atoms with Crippen molar-refractivity contribution in [1.82, 2.24) is 35.1 Å². The SMILES string of the molecule is CCn1c(-c2cc(N3CCN(C(=O)OCc4ccccc4)CC3)cnc2C(C)OC)c(CC(C)(C)CO)c2cc(C3CC3N(C)CC(NC(=O)OC(C)(C)C)C(=O)N3CCC[C@@H](C(=O)OC)N3)ccc21. The van der Waals surface area contributed by atoms with E-state index in [2.05, 4.69) is 70.1 Å². The summed E-state index contributed by atoms with van der Waals surface area (Å²) in [7, 11) is 4.98. The summed E-state index contributed by atoms with van der Waals surface area (Å²) in [6.07, 6.45) is 3.13. The molecule has 4 unspecified atom stereocenters. The van der Waals surface area contributed by atoms with Gasteiger partial charge in [0.25, 0.3) is 5.91 Å². The molecule has 1 aliphatic carbocycles. The fraction of sp³-hybridized carbons (Fsp3) is 0.566. The second-order valence-corrected chi connectivity index (χ2v) is 20.8. The molecule has 0 radical (unpaired) electrons. The number of alkyl carbamates (subject to hydrolysis) is 1. The van der Waals surface area contributed by atoms with Crippen LogP contribution in [0.4, 0.5) is 15.3 Å². The molecular weight excluding hydrogens is 893 g/mol. The second kappa shape index (κ2) is 22.1. The Labute approximate surface area is 412 Å². The maximum atomic E-state index is 14.1. The van der Waals surface area contributed by atoms with Crippen LogP contribution in [-0.2, 0) is 48.1 Å². The maximum Gasteiger partial charge on any atom is 0.410 e. The van der Waals surface area contributed by atoms with E-state index in [4.69, 9.17) is 23.9 Å². The lowest BCUT2D eigenvalue weighted by Gasteiger charge is -2.36. The highest BCUT2D eigenvalue weighted by molar-refractivity contribution is 5.94.